The van der Waals surface area contributed by atoms with Crippen molar-refractivity contribution in [3.8, 4) is 0 Å². The highest BCUT2D eigenvalue weighted by atomic mass is 79.9. The summed E-state index contributed by atoms with van der Waals surface area (Å²) in [6.07, 6.45) is 2.97. The van der Waals surface area contributed by atoms with Crippen molar-refractivity contribution in [2.75, 3.05) is 0 Å². The van der Waals surface area contributed by atoms with Crippen molar-refractivity contribution in [3.63, 3.8) is 0 Å². The highest BCUT2D eigenvalue weighted by Gasteiger charge is 2.07. The lowest BCUT2D eigenvalue weighted by atomic mass is 10.1. The molecule has 0 saturated carbocycles. The average Bonchev–Trinajstić information content (AvgIpc) is 2.45. The van der Waals surface area contributed by atoms with Crippen LogP contribution in [0.25, 0.3) is 6.08 Å². The number of benzene rings is 2. The Morgan fingerprint density at radius 3 is 2.60 bits per heavy atom. The molecule has 0 amide bonds. The van der Waals surface area contributed by atoms with Crippen molar-refractivity contribution in [1.29, 1.82) is 0 Å². The van der Waals surface area contributed by atoms with E-state index in [2.05, 4.69) is 15.9 Å². The van der Waals surface area contributed by atoms with E-state index in [4.69, 9.17) is 0 Å². The van der Waals surface area contributed by atoms with Crippen LogP contribution in [0.4, 0.5) is 5.69 Å². The summed E-state index contributed by atoms with van der Waals surface area (Å²) in [6.45, 7) is 0. The van der Waals surface area contributed by atoms with Gasteiger partial charge in [0.25, 0.3) is 5.69 Å². The number of carbonyl (C=O) groups excluding carboxylic acids is 1. The van der Waals surface area contributed by atoms with Gasteiger partial charge < -0.3 is 0 Å². The molecule has 0 aliphatic rings. The molecule has 0 fully saturated rings. The lowest BCUT2D eigenvalue weighted by molar-refractivity contribution is -0.384. The number of nitrogens with zero attached hydrogens (tertiary/aromatic N) is 1. The molecule has 0 N–H and O–H groups in total. The Hall–Kier alpha value is -2.27. The first-order chi connectivity index (χ1) is 9.58. The number of nitro benzene ring substituents is 1. The molecule has 0 unspecified atom stereocenters. The van der Waals surface area contributed by atoms with Crippen LogP contribution < -0.4 is 0 Å². The molecule has 20 heavy (non-hydrogen) atoms. The molecule has 0 radical (unpaired) electrons. The van der Waals surface area contributed by atoms with E-state index in [-0.39, 0.29) is 11.5 Å². The van der Waals surface area contributed by atoms with E-state index >= 15 is 0 Å². The molecule has 0 aliphatic heterocycles. The highest BCUT2D eigenvalue weighted by molar-refractivity contribution is 9.10. The summed E-state index contributed by atoms with van der Waals surface area (Å²) in [7, 11) is 0. The second-order valence-corrected chi connectivity index (χ2v) is 4.88. The molecule has 2 rings (SSSR count). The minimum Gasteiger partial charge on any atom is -0.289 e. The molecule has 0 spiro atoms. The smallest absolute Gasteiger partial charge is 0.270 e. The largest absolute Gasteiger partial charge is 0.289 e. The Balaban J connectivity index is 2.21. The number of allylic oxidation sites excluding steroid dienone is 1. The summed E-state index contributed by atoms with van der Waals surface area (Å²) < 4.78 is 0.716. The second-order valence-electron chi connectivity index (χ2n) is 4.03. The van der Waals surface area contributed by atoms with Gasteiger partial charge in [-0.05, 0) is 23.8 Å². The zero-order valence-electron chi connectivity index (χ0n) is 10.3. The molecule has 0 aliphatic carbocycles. The lowest BCUT2D eigenvalue weighted by Gasteiger charge is -1.99. The lowest BCUT2D eigenvalue weighted by Crippen LogP contribution is -1.95. The van der Waals surface area contributed by atoms with Crippen LogP contribution in [0.5, 0.6) is 0 Å². The van der Waals surface area contributed by atoms with Crippen molar-refractivity contribution in [2.45, 2.75) is 0 Å². The zero-order valence-corrected chi connectivity index (χ0v) is 11.9. The number of hydrogen-bond acceptors (Lipinski definition) is 3. The summed E-state index contributed by atoms with van der Waals surface area (Å²) >= 11 is 3.31. The molecule has 100 valence electrons. The fraction of sp³-hybridized carbons (Fsp3) is 0. The number of ketones is 1. The Bertz CT molecular complexity index is 695. The van der Waals surface area contributed by atoms with Crippen molar-refractivity contribution >= 4 is 33.5 Å². The molecular weight excluding hydrogens is 322 g/mol. The Kier molecular flexibility index (Phi) is 4.42. The Morgan fingerprint density at radius 1 is 1.15 bits per heavy atom. The normalized spacial score (nSPS) is 10.7. The van der Waals surface area contributed by atoms with Gasteiger partial charge in [0.05, 0.1) is 4.92 Å². The maximum Gasteiger partial charge on any atom is 0.270 e. The molecular formula is C15H10BrNO3. The zero-order chi connectivity index (χ0) is 14.5. The summed E-state index contributed by atoms with van der Waals surface area (Å²) in [6, 6.07) is 13.2. The van der Waals surface area contributed by atoms with Gasteiger partial charge in [0.1, 0.15) is 0 Å². The van der Waals surface area contributed by atoms with Crippen LogP contribution in [0.1, 0.15) is 15.9 Å². The van der Waals surface area contributed by atoms with Crippen molar-refractivity contribution < 1.29 is 9.72 Å². The van der Waals surface area contributed by atoms with E-state index in [0.29, 0.717) is 15.6 Å². The number of non-ortho nitro benzene ring substituents is 1. The van der Waals surface area contributed by atoms with Crippen LogP contribution in [0.2, 0.25) is 0 Å². The van der Waals surface area contributed by atoms with Gasteiger partial charge in [-0.1, -0.05) is 46.3 Å². The third-order valence-electron chi connectivity index (χ3n) is 2.65. The first-order valence-electron chi connectivity index (χ1n) is 5.79. The maximum atomic E-state index is 12.0. The average molecular weight is 332 g/mol. The third-order valence-corrected chi connectivity index (χ3v) is 3.34. The van der Waals surface area contributed by atoms with Gasteiger partial charge in [-0.2, -0.15) is 0 Å². The van der Waals surface area contributed by atoms with E-state index in [1.807, 2.05) is 6.07 Å². The fourth-order valence-electron chi connectivity index (χ4n) is 1.66. The van der Waals surface area contributed by atoms with E-state index < -0.39 is 4.92 Å². The molecule has 0 heterocycles. The summed E-state index contributed by atoms with van der Waals surface area (Å²) in [4.78, 5) is 22.2. The van der Waals surface area contributed by atoms with E-state index in [9.17, 15) is 14.9 Å². The topological polar surface area (TPSA) is 60.2 Å². The van der Waals surface area contributed by atoms with Crippen molar-refractivity contribution in [3.05, 3.63) is 80.3 Å². The van der Waals surface area contributed by atoms with Crippen LogP contribution in [0.3, 0.4) is 0 Å². The fourth-order valence-corrected chi connectivity index (χ4v) is 2.14. The molecule has 0 atom stereocenters. The molecule has 2 aromatic rings. The number of nitro groups is 1. The number of halogens is 1. The molecule has 0 saturated heterocycles. The minimum atomic E-state index is -0.465. The Labute approximate surface area is 124 Å². The van der Waals surface area contributed by atoms with Gasteiger partial charge in [0, 0.05) is 22.2 Å². The van der Waals surface area contributed by atoms with Gasteiger partial charge in [0.15, 0.2) is 5.78 Å². The van der Waals surface area contributed by atoms with Gasteiger partial charge in [-0.3, -0.25) is 14.9 Å². The predicted molar refractivity (Wildman–Crippen MR) is 80.6 cm³/mol. The monoisotopic (exact) mass is 331 g/mol. The quantitative estimate of drug-likeness (QED) is 0.364. The van der Waals surface area contributed by atoms with E-state index in [1.54, 1.807) is 36.4 Å². The van der Waals surface area contributed by atoms with Crippen molar-refractivity contribution in [2.24, 2.45) is 0 Å². The predicted octanol–water partition coefficient (Wildman–Crippen LogP) is 4.25. The maximum absolute atomic E-state index is 12.0. The molecule has 0 bridgehead atoms. The van der Waals surface area contributed by atoms with Gasteiger partial charge in [0.2, 0.25) is 0 Å². The molecule has 0 aromatic heterocycles. The van der Waals surface area contributed by atoms with Gasteiger partial charge in [-0.25, -0.2) is 0 Å². The Morgan fingerprint density at radius 2 is 1.90 bits per heavy atom. The highest BCUT2D eigenvalue weighted by Crippen LogP contribution is 2.18. The second kappa shape index (κ2) is 6.25. The summed E-state index contributed by atoms with van der Waals surface area (Å²) in [5, 5.41) is 10.7. The molecule has 2 aromatic carbocycles. The first kappa shape index (κ1) is 14.1. The van der Waals surface area contributed by atoms with Gasteiger partial charge in [-0.15, -0.1) is 0 Å². The summed E-state index contributed by atoms with van der Waals surface area (Å²) in [5.41, 5.74) is 1.16. The van der Waals surface area contributed by atoms with Crippen LogP contribution >= 0.6 is 15.9 Å². The van der Waals surface area contributed by atoms with Crippen molar-refractivity contribution in [1.82, 2.24) is 0 Å². The molecule has 5 heteroatoms. The first-order valence-corrected chi connectivity index (χ1v) is 6.58. The van der Waals surface area contributed by atoms with Crippen LogP contribution in [-0.2, 0) is 0 Å². The SMILES string of the molecule is O=C(/C=C/c1cccc([N+](=O)[O-])c1)c1ccccc1Br. The molecule has 4 nitrogen and oxygen atoms in total. The van der Waals surface area contributed by atoms with Gasteiger partial charge >= 0.3 is 0 Å². The minimum absolute atomic E-state index is 0.000454. The number of rotatable bonds is 4. The summed E-state index contributed by atoms with van der Waals surface area (Å²) in [5.74, 6) is -0.163. The van der Waals surface area contributed by atoms with Crippen LogP contribution in [0, 0.1) is 10.1 Å². The van der Waals surface area contributed by atoms with Crippen LogP contribution in [0.15, 0.2) is 59.1 Å². The standard InChI is InChI=1S/C15H10BrNO3/c16-14-7-2-1-6-13(14)15(18)9-8-11-4-3-5-12(10-11)17(19)20/h1-10H/b9-8+. The number of hydrogen-bond donors (Lipinski definition) is 0. The van der Waals surface area contributed by atoms with Crippen LogP contribution in [-0.4, -0.2) is 10.7 Å². The third kappa shape index (κ3) is 3.39. The van der Waals surface area contributed by atoms with E-state index in [0.717, 1.165) is 0 Å². The number of carbonyl (C=O) groups is 1. The van der Waals surface area contributed by atoms with E-state index in [1.165, 1.54) is 18.2 Å².